The quantitative estimate of drug-likeness (QED) is 0.609. The van der Waals surface area contributed by atoms with Crippen molar-refractivity contribution < 1.29 is 16.8 Å². The standard InChI is InChI=1S/C13H14ClN3O4S2/c1-9-3-4-10(2)12(7-9)23(20,21)17-16-22(18,19)11-5-6-13(14)15-8-11/h3-8,16-17H,1-2H3. The molecule has 10 heteroatoms. The zero-order valence-electron chi connectivity index (χ0n) is 12.2. The molecule has 1 heterocycles. The van der Waals surface area contributed by atoms with Gasteiger partial charge in [-0.2, -0.15) is 0 Å². The lowest BCUT2D eigenvalue weighted by Gasteiger charge is -2.11. The summed E-state index contributed by atoms with van der Waals surface area (Å²) in [6.45, 7) is 3.35. The van der Waals surface area contributed by atoms with Gasteiger partial charge in [-0.3, -0.25) is 0 Å². The van der Waals surface area contributed by atoms with Gasteiger partial charge in [0.15, 0.2) is 0 Å². The van der Waals surface area contributed by atoms with E-state index in [9.17, 15) is 16.8 Å². The number of aromatic nitrogens is 1. The monoisotopic (exact) mass is 375 g/mol. The second-order valence-corrected chi connectivity index (χ2v) is 8.52. The van der Waals surface area contributed by atoms with Crippen molar-refractivity contribution in [1.29, 1.82) is 0 Å². The molecule has 0 unspecified atom stereocenters. The van der Waals surface area contributed by atoms with E-state index in [4.69, 9.17) is 11.6 Å². The summed E-state index contributed by atoms with van der Waals surface area (Å²) >= 11 is 5.59. The largest absolute Gasteiger partial charge is 0.255 e. The van der Waals surface area contributed by atoms with Crippen LogP contribution >= 0.6 is 11.6 Å². The van der Waals surface area contributed by atoms with Gasteiger partial charge in [-0.1, -0.05) is 23.7 Å². The first-order chi connectivity index (χ1) is 10.6. The normalized spacial score (nSPS) is 12.3. The van der Waals surface area contributed by atoms with E-state index >= 15 is 0 Å². The van der Waals surface area contributed by atoms with E-state index in [1.165, 1.54) is 18.2 Å². The van der Waals surface area contributed by atoms with E-state index in [0.717, 1.165) is 11.8 Å². The molecule has 2 aromatic rings. The van der Waals surface area contributed by atoms with Crippen LogP contribution in [0.15, 0.2) is 46.3 Å². The summed E-state index contributed by atoms with van der Waals surface area (Å²) in [6, 6.07) is 7.36. The van der Waals surface area contributed by atoms with Gasteiger partial charge in [-0.25, -0.2) is 21.8 Å². The topological polar surface area (TPSA) is 105 Å². The number of halogens is 1. The third-order valence-corrected chi connectivity index (χ3v) is 5.93. The number of pyridine rings is 1. The van der Waals surface area contributed by atoms with Crippen molar-refractivity contribution in [3.05, 3.63) is 52.8 Å². The average molecular weight is 376 g/mol. The van der Waals surface area contributed by atoms with E-state index in [1.807, 2.05) is 9.66 Å². The molecule has 0 aliphatic carbocycles. The number of aryl methyl sites for hydroxylation is 2. The zero-order chi connectivity index (χ0) is 17.3. The molecule has 0 saturated heterocycles. The van der Waals surface area contributed by atoms with Crippen LogP contribution in [-0.4, -0.2) is 21.8 Å². The maximum absolute atomic E-state index is 12.3. The van der Waals surface area contributed by atoms with E-state index < -0.39 is 20.0 Å². The Morgan fingerprint density at radius 1 is 0.957 bits per heavy atom. The SMILES string of the molecule is Cc1ccc(C)c(S(=O)(=O)NNS(=O)(=O)c2ccc(Cl)nc2)c1. The van der Waals surface area contributed by atoms with Gasteiger partial charge in [0.2, 0.25) is 0 Å². The van der Waals surface area contributed by atoms with Gasteiger partial charge in [0.1, 0.15) is 10.0 Å². The first-order valence-electron chi connectivity index (χ1n) is 6.34. The molecule has 7 nitrogen and oxygen atoms in total. The number of hydrogen-bond donors (Lipinski definition) is 2. The number of sulfonamides is 2. The third kappa shape index (κ3) is 4.27. The fourth-order valence-corrected chi connectivity index (χ4v) is 4.23. The van der Waals surface area contributed by atoms with Crippen LogP contribution in [0, 0.1) is 13.8 Å². The number of nitrogens with zero attached hydrogens (tertiary/aromatic N) is 1. The second-order valence-electron chi connectivity index (χ2n) is 4.80. The van der Waals surface area contributed by atoms with Crippen LogP contribution in [0.4, 0.5) is 0 Å². The Morgan fingerprint density at radius 3 is 2.22 bits per heavy atom. The number of hydrazine groups is 1. The minimum atomic E-state index is -4.10. The molecular formula is C13H14ClN3O4S2. The number of nitrogens with one attached hydrogen (secondary N) is 2. The van der Waals surface area contributed by atoms with Gasteiger partial charge in [-0.05, 0) is 43.2 Å². The van der Waals surface area contributed by atoms with Crippen LogP contribution in [-0.2, 0) is 20.0 Å². The van der Waals surface area contributed by atoms with Crippen LogP contribution in [0.1, 0.15) is 11.1 Å². The molecule has 124 valence electrons. The van der Waals surface area contributed by atoms with E-state index in [-0.39, 0.29) is 14.9 Å². The molecule has 23 heavy (non-hydrogen) atoms. The van der Waals surface area contributed by atoms with Crippen molar-refractivity contribution in [2.45, 2.75) is 23.6 Å². The lowest BCUT2D eigenvalue weighted by molar-refractivity contribution is 0.557. The minimum absolute atomic E-state index is 0.00516. The summed E-state index contributed by atoms with van der Waals surface area (Å²) in [5.74, 6) is 0. The highest BCUT2D eigenvalue weighted by Gasteiger charge is 2.21. The molecule has 0 radical (unpaired) electrons. The Kier molecular flexibility index (Phi) is 5.07. The number of benzene rings is 1. The van der Waals surface area contributed by atoms with Crippen molar-refractivity contribution >= 4 is 31.6 Å². The molecule has 0 aliphatic rings. The molecule has 0 spiro atoms. The van der Waals surface area contributed by atoms with Crippen molar-refractivity contribution in [1.82, 2.24) is 14.6 Å². The maximum Gasteiger partial charge on any atom is 0.255 e. The first kappa shape index (κ1) is 17.8. The fourth-order valence-electron chi connectivity index (χ4n) is 1.74. The number of hydrogen-bond acceptors (Lipinski definition) is 5. The Bertz CT molecular complexity index is 926. The molecule has 1 aromatic heterocycles. The Labute approximate surface area is 139 Å². The fraction of sp³-hybridized carbons (Fsp3) is 0.154. The summed E-state index contributed by atoms with van der Waals surface area (Å²) in [4.78, 5) is 7.12. The summed E-state index contributed by atoms with van der Waals surface area (Å²) in [7, 11) is -8.15. The summed E-state index contributed by atoms with van der Waals surface area (Å²) in [6.07, 6.45) is 1.02. The maximum atomic E-state index is 12.3. The molecule has 0 fully saturated rings. The van der Waals surface area contributed by atoms with Crippen molar-refractivity contribution in [2.24, 2.45) is 0 Å². The highest BCUT2D eigenvalue weighted by atomic mass is 35.5. The van der Waals surface area contributed by atoms with Crippen molar-refractivity contribution in [2.75, 3.05) is 0 Å². The highest BCUT2D eigenvalue weighted by Crippen LogP contribution is 2.16. The number of rotatable bonds is 5. The molecular weight excluding hydrogens is 362 g/mol. The minimum Gasteiger partial charge on any atom is -0.243 e. The zero-order valence-corrected chi connectivity index (χ0v) is 14.6. The van der Waals surface area contributed by atoms with Gasteiger partial charge in [0.05, 0.1) is 4.90 Å². The van der Waals surface area contributed by atoms with Gasteiger partial charge in [0.25, 0.3) is 20.0 Å². The van der Waals surface area contributed by atoms with E-state index in [1.54, 1.807) is 26.0 Å². The summed E-state index contributed by atoms with van der Waals surface area (Å²) in [5.41, 5.74) is 1.23. The van der Waals surface area contributed by atoms with Gasteiger partial charge in [0, 0.05) is 6.20 Å². The van der Waals surface area contributed by atoms with Crippen LogP contribution in [0.3, 0.4) is 0 Å². The highest BCUT2D eigenvalue weighted by molar-refractivity contribution is 7.92. The lowest BCUT2D eigenvalue weighted by Crippen LogP contribution is -2.41. The van der Waals surface area contributed by atoms with Gasteiger partial charge >= 0.3 is 0 Å². The third-order valence-electron chi connectivity index (χ3n) is 2.95. The molecule has 0 atom stereocenters. The lowest BCUT2D eigenvalue weighted by atomic mass is 10.2. The van der Waals surface area contributed by atoms with Gasteiger partial charge < -0.3 is 0 Å². The molecule has 0 saturated carbocycles. The predicted octanol–water partition coefficient (Wildman–Crippen LogP) is 1.52. The molecule has 0 aliphatic heterocycles. The molecule has 1 aromatic carbocycles. The van der Waals surface area contributed by atoms with Crippen LogP contribution in [0.25, 0.3) is 0 Å². The van der Waals surface area contributed by atoms with E-state index in [0.29, 0.717) is 5.56 Å². The van der Waals surface area contributed by atoms with E-state index in [2.05, 4.69) is 4.98 Å². The predicted molar refractivity (Wildman–Crippen MR) is 85.8 cm³/mol. The van der Waals surface area contributed by atoms with Crippen LogP contribution in [0.2, 0.25) is 5.15 Å². The molecule has 2 rings (SSSR count). The van der Waals surface area contributed by atoms with Crippen LogP contribution < -0.4 is 9.66 Å². The Morgan fingerprint density at radius 2 is 1.61 bits per heavy atom. The smallest absolute Gasteiger partial charge is 0.243 e. The first-order valence-corrected chi connectivity index (χ1v) is 9.69. The Balaban J connectivity index is 2.25. The van der Waals surface area contributed by atoms with Crippen molar-refractivity contribution in [3.8, 4) is 0 Å². The summed E-state index contributed by atoms with van der Waals surface area (Å²) in [5, 5.41) is 0.125. The molecule has 2 N–H and O–H groups in total. The Hall–Kier alpha value is -1.52. The summed E-state index contributed by atoms with van der Waals surface area (Å²) < 4.78 is 48.6. The molecule has 0 amide bonds. The molecule has 0 bridgehead atoms. The van der Waals surface area contributed by atoms with Crippen LogP contribution in [0.5, 0.6) is 0 Å². The second kappa shape index (κ2) is 6.54. The van der Waals surface area contributed by atoms with Crippen molar-refractivity contribution in [3.63, 3.8) is 0 Å². The average Bonchev–Trinajstić information content (AvgIpc) is 2.48. The van der Waals surface area contributed by atoms with Gasteiger partial charge in [-0.15, -0.1) is 9.66 Å².